The molecule has 1 aliphatic rings. The Hall–Kier alpha value is -3.13. The van der Waals surface area contributed by atoms with Crippen LogP contribution in [0.5, 0.6) is 0 Å². The van der Waals surface area contributed by atoms with Crippen LogP contribution in [0, 0.1) is 18.3 Å². The molecule has 5 heteroatoms. The summed E-state index contributed by atoms with van der Waals surface area (Å²) >= 11 is 0. The van der Waals surface area contributed by atoms with E-state index in [0.717, 1.165) is 41.7 Å². The van der Waals surface area contributed by atoms with E-state index in [4.69, 9.17) is 0 Å². The Kier molecular flexibility index (Phi) is 4.18. The lowest BCUT2D eigenvalue weighted by Gasteiger charge is -2.25. The number of likely N-dealkylation sites (tertiary alicyclic amines) is 1. The summed E-state index contributed by atoms with van der Waals surface area (Å²) in [4.78, 5) is 19.5. The zero-order chi connectivity index (χ0) is 18.1. The van der Waals surface area contributed by atoms with Crippen LogP contribution < -0.4 is 0 Å². The summed E-state index contributed by atoms with van der Waals surface area (Å²) in [6.07, 6.45) is 3.71. The number of rotatable bonds is 3. The molecule has 3 aromatic rings. The highest BCUT2D eigenvalue weighted by molar-refractivity contribution is 5.89. The van der Waals surface area contributed by atoms with E-state index in [1.807, 2.05) is 58.9 Å². The first kappa shape index (κ1) is 16.3. The molecule has 4 rings (SSSR count). The quantitative estimate of drug-likeness (QED) is 0.729. The van der Waals surface area contributed by atoms with Crippen molar-refractivity contribution in [2.75, 3.05) is 6.54 Å². The summed E-state index contributed by atoms with van der Waals surface area (Å²) in [5.74, 6) is 0.0755. The van der Waals surface area contributed by atoms with Crippen LogP contribution in [-0.2, 0) is 11.3 Å². The highest BCUT2D eigenvalue weighted by Crippen LogP contribution is 2.32. The monoisotopic (exact) mass is 344 g/mol. The van der Waals surface area contributed by atoms with Crippen LogP contribution in [0.2, 0.25) is 0 Å². The largest absolute Gasteiger partial charge is 0.334 e. The minimum absolute atomic E-state index is 0.0428. The third kappa shape index (κ3) is 2.64. The molecule has 1 aliphatic heterocycles. The zero-order valence-electron chi connectivity index (χ0n) is 14.7. The van der Waals surface area contributed by atoms with Crippen LogP contribution in [0.15, 0.2) is 48.7 Å². The lowest BCUT2D eigenvalue weighted by molar-refractivity contribution is -0.132. The van der Waals surface area contributed by atoms with Crippen LogP contribution in [0.4, 0.5) is 0 Å². The van der Waals surface area contributed by atoms with E-state index in [1.165, 1.54) is 0 Å². The van der Waals surface area contributed by atoms with Gasteiger partial charge in [-0.1, -0.05) is 24.3 Å². The Balaban J connectivity index is 1.66. The van der Waals surface area contributed by atoms with Crippen molar-refractivity contribution in [3.05, 3.63) is 65.6 Å². The van der Waals surface area contributed by atoms with Crippen LogP contribution >= 0.6 is 0 Å². The molecule has 1 fully saturated rings. The fourth-order valence-corrected chi connectivity index (χ4v) is 3.95. The van der Waals surface area contributed by atoms with E-state index >= 15 is 0 Å². The molecule has 0 unspecified atom stereocenters. The maximum atomic E-state index is 13.1. The average molecular weight is 344 g/mol. The van der Waals surface area contributed by atoms with E-state index < -0.39 is 0 Å². The number of fused-ring (bicyclic) bond motifs is 1. The third-order valence-electron chi connectivity index (χ3n) is 5.24. The Morgan fingerprint density at radius 1 is 1.27 bits per heavy atom. The molecular formula is C21H20N4O. The van der Waals surface area contributed by atoms with Crippen molar-refractivity contribution in [3.8, 4) is 6.07 Å². The van der Waals surface area contributed by atoms with Gasteiger partial charge in [-0.25, -0.2) is 0 Å². The van der Waals surface area contributed by atoms with Gasteiger partial charge in [0, 0.05) is 23.8 Å². The van der Waals surface area contributed by atoms with Gasteiger partial charge in [-0.15, -0.1) is 0 Å². The molecule has 26 heavy (non-hydrogen) atoms. The summed E-state index contributed by atoms with van der Waals surface area (Å²) in [6.45, 7) is 2.91. The molecule has 3 heterocycles. The highest BCUT2D eigenvalue weighted by Gasteiger charge is 2.31. The van der Waals surface area contributed by atoms with Crippen molar-refractivity contribution < 1.29 is 4.79 Å². The molecule has 5 nitrogen and oxygen atoms in total. The Labute approximate surface area is 152 Å². The lowest BCUT2D eigenvalue weighted by atomic mass is 10.1. The molecular weight excluding hydrogens is 324 g/mol. The second-order valence-electron chi connectivity index (χ2n) is 6.68. The number of para-hydroxylation sites is 1. The molecule has 0 aliphatic carbocycles. The number of hydrogen-bond acceptors (Lipinski definition) is 3. The van der Waals surface area contributed by atoms with Gasteiger partial charge in [-0.05, 0) is 38.0 Å². The van der Waals surface area contributed by atoms with Gasteiger partial charge in [-0.2, -0.15) is 5.26 Å². The maximum absolute atomic E-state index is 13.1. The summed E-state index contributed by atoms with van der Waals surface area (Å²) in [6, 6.07) is 15.9. The summed E-state index contributed by atoms with van der Waals surface area (Å²) < 4.78 is 1.96. The standard InChI is InChI=1S/C21H20N4O/c1-15-17(13-22)16-7-2-3-9-19(16)25(15)14-21(26)24-12-6-10-20(24)18-8-4-5-11-23-18/h2-5,7-9,11,20H,6,10,12,14H2,1H3/t20-/m1/s1. The number of benzene rings is 1. The smallest absolute Gasteiger partial charge is 0.243 e. The fraction of sp³-hybridized carbons (Fsp3) is 0.286. The van der Waals surface area contributed by atoms with Crippen molar-refractivity contribution in [1.82, 2.24) is 14.5 Å². The maximum Gasteiger partial charge on any atom is 0.243 e. The molecule has 0 N–H and O–H groups in total. The lowest BCUT2D eigenvalue weighted by Crippen LogP contribution is -2.34. The van der Waals surface area contributed by atoms with Crippen molar-refractivity contribution >= 4 is 16.8 Å². The zero-order valence-corrected chi connectivity index (χ0v) is 14.7. The van der Waals surface area contributed by atoms with Crippen LogP contribution in [0.25, 0.3) is 10.9 Å². The molecule has 1 aromatic carbocycles. The fourth-order valence-electron chi connectivity index (χ4n) is 3.95. The number of carbonyl (C=O) groups is 1. The van der Waals surface area contributed by atoms with Crippen LogP contribution in [0.3, 0.4) is 0 Å². The number of nitrogens with zero attached hydrogens (tertiary/aromatic N) is 4. The predicted octanol–water partition coefficient (Wildman–Crippen LogP) is 3.58. The van der Waals surface area contributed by atoms with Crippen molar-refractivity contribution in [2.45, 2.75) is 32.4 Å². The number of carbonyl (C=O) groups excluding carboxylic acids is 1. The SMILES string of the molecule is Cc1c(C#N)c2ccccc2n1CC(=O)N1CCC[C@@H]1c1ccccn1. The Morgan fingerprint density at radius 3 is 2.85 bits per heavy atom. The van der Waals surface area contributed by atoms with Crippen molar-refractivity contribution in [3.63, 3.8) is 0 Å². The van der Waals surface area contributed by atoms with Crippen LogP contribution in [-0.4, -0.2) is 26.9 Å². The number of nitriles is 1. The minimum Gasteiger partial charge on any atom is -0.334 e. The summed E-state index contributed by atoms with van der Waals surface area (Å²) in [7, 11) is 0. The normalized spacial score (nSPS) is 16.8. The second-order valence-corrected chi connectivity index (χ2v) is 6.68. The number of hydrogen-bond donors (Lipinski definition) is 0. The van der Waals surface area contributed by atoms with Crippen molar-refractivity contribution in [1.29, 1.82) is 5.26 Å². The Bertz CT molecular complexity index is 1000. The van der Waals surface area contributed by atoms with E-state index in [2.05, 4.69) is 11.1 Å². The van der Waals surface area contributed by atoms with Gasteiger partial charge in [0.2, 0.25) is 5.91 Å². The van der Waals surface area contributed by atoms with Gasteiger partial charge in [0.15, 0.2) is 0 Å². The van der Waals surface area contributed by atoms with E-state index in [1.54, 1.807) is 6.20 Å². The average Bonchev–Trinajstić information content (AvgIpc) is 3.26. The van der Waals surface area contributed by atoms with E-state index in [0.29, 0.717) is 5.56 Å². The molecule has 0 radical (unpaired) electrons. The number of amides is 1. The van der Waals surface area contributed by atoms with Gasteiger partial charge in [0.05, 0.1) is 22.8 Å². The van der Waals surface area contributed by atoms with Crippen molar-refractivity contribution in [2.24, 2.45) is 0 Å². The molecule has 0 bridgehead atoms. The van der Waals surface area contributed by atoms with E-state index in [-0.39, 0.29) is 18.5 Å². The second kappa shape index (κ2) is 6.64. The molecule has 1 saturated heterocycles. The Morgan fingerprint density at radius 2 is 2.08 bits per heavy atom. The highest BCUT2D eigenvalue weighted by atomic mass is 16.2. The minimum atomic E-state index is 0.0428. The molecule has 130 valence electrons. The summed E-state index contributed by atoms with van der Waals surface area (Å²) in [5, 5.41) is 10.4. The molecule has 0 saturated carbocycles. The molecule has 1 atom stereocenters. The van der Waals surface area contributed by atoms with Gasteiger partial charge >= 0.3 is 0 Å². The molecule has 0 spiro atoms. The van der Waals surface area contributed by atoms with Gasteiger partial charge in [-0.3, -0.25) is 9.78 Å². The van der Waals surface area contributed by atoms with Gasteiger partial charge in [0.25, 0.3) is 0 Å². The number of pyridine rings is 1. The van der Waals surface area contributed by atoms with Gasteiger partial charge in [0.1, 0.15) is 12.6 Å². The predicted molar refractivity (Wildman–Crippen MR) is 99.3 cm³/mol. The summed E-state index contributed by atoms with van der Waals surface area (Å²) in [5.41, 5.74) is 3.38. The van der Waals surface area contributed by atoms with Crippen LogP contribution in [0.1, 0.15) is 35.8 Å². The topological polar surface area (TPSA) is 61.9 Å². The first-order chi connectivity index (χ1) is 12.7. The first-order valence-corrected chi connectivity index (χ1v) is 8.89. The molecule has 2 aromatic heterocycles. The molecule has 1 amide bonds. The first-order valence-electron chi connectivity index (χ1n) is 8.89. The van der Waals surface area contributed by atoms with Gasteiger partial charge < -0.3 is 9.47 Å². The third-order valence-corrected chi connectivity index (χ3v) is 5.24. The number of aromatic nitrogens is 2. The van der Waals surface area contributed by atoms with E-state index in [9.17, 15) is 10.1 Å².